The number of pyridine rings is 1. The lowest BCUT2D eigenvalue weighted by Crippen LogP contribution is -2.50. The largest absolute Gasteiger partial charge is 0.508 e. The van der Waals surface area contributed by atoms with Gasteiger partial charge in [-0.1, -0.05) is 37.6 Å². The van der Waals surface area contributed by atoms with Crippen molar-refractivity contribution in [3.8, 4) is 0 Å². The molecule has 9 nitrogen and oxygen atoms in total. The highest BCUT2D eigenvalue weighted by Crippen LogP contribution is 2.66. The minimum atomic E-state index is -1.29. The molecule has 0 spiro atoms. The molecule has 0 amide bonds. The second-order valence-corrected chi connectivity index (χ2v) is 13.7. The fraction of sp³-hybridized carbons (Fsp3) is 0.686. The molecule has 7 atom stereocenters. The summed E-state index contributed by atoms with van der Waals surface area (Å²) in [5, 5.41) is 9.20. The third kappa shape index (κ3) is 6.99. The van der Waals surface area contributed by atoms with E-state index in [0.29, 0.717) is 31.0 Å². The van der Waals surface area contributed by atoms with Crippen LogP contribution < -0.4 is 0 Å². The maximum absolute atomic E-state index is 11.5. The molecule has 0 bridgehead atoms. The molecule has 2 fully saturated rings. The van der Waals surface area contributed by atoms with Crippen molar-refractivity contribution >= 4 is 17.9 Å². The Morgan fingerprint density at radius 3 is 2.55 bits per heavy atom. The summed E-state index contributed by atoms with van der Waals surface area (Å²) in [6.45, 7) is 9.40. The average molecular weight is 612 g/mol. The molecule has 4 aliphatic carbocycles. The highest BCUT2D eigenvalue weighted by atomic mass is 16.7. The van der Waals surface area contributed by atoms with E-state index < -0.39 is 12.3 Å². The van der Waals surface area contributed by atoms with Gasteiger partial charge in [0.05, 0.1) is 32.0 Å². The van der Waals surface area contributed by atoms with Crippen LogP contribution in [-0.2, 0) is 23.7 Å². The predicted octanol–water partition coefficient (Wildman–Crippen LogP) is 7.31. The van der Waals surface area contributed by atoms with Gasteiger partial charge in [0.1, 0.15) is 13.2 Å². The van der Waals surface area contributed by atoms with Crippen LogP contribution in [0, 0.1) is 34.5 Å². The van der Waals surface area contributed by atoms with Crippen LogP contribution in [0.4, 0.5) is 9.59 Å². The minimum absolute atomic E-state index is 0.00339. The zero-order valence-electron chi connectivity index (χ0n) is 26.7. The highest BCUT2D eigenvalue weighted by Gasteiger charge is 2.57. The SMILES string of the molecule is CC(C)OC(=O)OCCOCCOC(COC(=O)O)[C@H]1CC[C@@]2(C)C(=CC[C@@H]3[C@@H]2CC[C@]2(C)C(c4cccnc4)=CC[C@@H]32)C1. The number of aromatic nitrogens is 1. The molecular weight excluding hydrogens is 562 g/mol. The van der Waals surface area contributed by atoms with E-state index in [2.05, 4.69) is 37.0 Å². The Kier molecular flexibility index (Phi) is 10.4. The standard InChI is InChI=1S/C35H49NO8/c1-23(2)44-33(39)42-19-17-40-16-18-41-31(22-43-32(37)38)24-11-13-34(3)26(20-24)7-8-27-29-10-9-28(25-6-5-15-36-21-25)35(29,4)14-12-30(27)34/h5-7,9,15,21,23-24,27,29-31H,8,10-14,16-20,22H2,1-4H3,(H,37,38)/t24-,27-,29-,30-,31?,34-,35+/m0/s1. The zero-order chi connectivity index (χ0) is 31.3. The van der Waals surface area contributed by atoms with Crippen LogP contribution in [0.1, 0.15) is 78.2 Å². The molecular formula is C35H49NO8. The number of nitrogens with zero attached hydrogens (tertiary/aromatic N) is 1. The molecule has 0 aromatic carbocycles. The van der Waals surface area contributed by atoms with Gasteiger partial charge in [0.2, 0.25) is 0 Å². The van der Waals surface area contributed by atoms with E-state index in [1.165, 1.54) is 29.6 Å². The maximum atomic E-state index is 11.5. The van der Waals surface area contributed by atoms with Gasteiger partial charge in [0, 0.05) is 12.4 Å². The van der Waals surface area contributed by atoms with E-state index in [-0.39, 0.29) is 48.8 Å². The highest BCUT2D eigenvalue weighted by molar-refractivity contribution is 5.72. The van der Waals surface area contributed by atoms with Gasteiger partial charge in [0.15, 0.2) is 0 Å². The van der Waals surface area contributed by atoms with Crippen molar-refractivity contribution in [2.75, 3.05) is 33.0 Å². The number of hydrogen-bond acceptors (Lipinski definition) is 8. The van der Waals surface area contributed by atoms with Crippen molar-refractivity contribution in [2.45, 2.75) is 84.8 Å². The first-order chi connectivity index (χ1) is 21.1. The molecule has 1 aromatic heterocycles. The Bertz CT molecular complexity index is 1210. The molecule has 2 saturated carbocycles. The van der Waals surface area contributed by atoms with Gasteiger partial charge in [-0.2, -0.15) is 0 Å². The number of carbonyl (C=O) groups is 2. The molecule has 5 rings (SSSR count). The van der Waals surface area contributed by atoms with Crippen LogP contribution in [0.5, 0.6) is 0 Å². The van der Waals surface area contributed by atoms with E-state index in [1.54, 1.807) is 13.8 Å². The summed E-state index contributed by atoms with van der Waals surface area (Å²) in [6.07, 6.45) is 13.9. The molecule has 0 aliphatic heterocycles. The number of rotatable bonds is 12. The van der Waals surface area contributed by atoms with Crippen molar-refractivity contribution < 1.29 is 38.4 Å². The Hall–Kier alpha value is -2.91. The molecule has 1 aromatic rings. The topological polar surface area (TPSA) is 113 Å². The lowest BCUT2D eigenvalue weighted by Gasteiger charge is -2.58. The number of allylic oxidation sites excluding steroid dienone is 4. The van der Waals surface area contributed by atoms with Gasteiger partial charge >= 0.3 is 12.3 Å². The van der Waals surface area contributed by atoms with Gasteiger partial charge in [-0.3, -0.25) is 4.98 Å². The van der Waals surface area contributed by atoms with E-state index in [4.69, 9.17) is 23.7 Å². The number of hydrogen-bond donors (Lipinski definition) is 1. The first-order valence-electron chi connectivity index (χ1n) is 16.3. The minimum Gasteiger partial charge on any atom is -0.450 e. The molecule has 242 valence electrons. The van der Waals surface area contributed by atoms with Crippen molar-refractivity contribution in [1.29, 1.82) is 0 Å². The molecule has 0 radical (unpaired) electrons. The van der Waals surface area contributed by atoms with Crippen molar-refractivity contribution in [3.05, 3.63) is 47.8 Å². The monoisotopic (exact) mass is 611 g/mol. The summed E-state index contributed by atoms with van der Waals surface area (Å²) in [6, 6.07) is 4.25. The quantitative estimate of drug-likeness (QED) is 0.148. The van der Waals surface area contributed by atoms with E-state index in [0.717, 1.165) is 32.1 Å². The number of fused-ring (bicyclic) bond motifs is 5. The fourth-order valence-electron chi connectivity index (χ4n) is 8.79. The molecule has 9 heteroatoms. The summed E-state index contributed by atoms with van der Waals surface area (Å²) in [5.74, 6) is 2.15. The summed E-state index contributed by atoms with van der Waals surface area (Å²) in [4.78, 5) is 27.1. The fourth-order valence-corrected chi connectivity index (χ4v) is 8.79. The van der Waals surface area contributed by atoms with E-state index >= 15 is 0 Å². The lowest BCUT2D eigenvalue weighted by molar-refractivity contribution is -0.0740. The number of carboxylic acid groups (broad SMARTS) is 1. The Morgan fingerprint density at radius 1 is 1.00 bits per heavy atom. The Labute approximate surface area is 261 Å². The van der Waals surface area contributed by atoms with Crippen molar-refractivity contribution in [1.82, 2.24) is 4.98 Å². The summed E-state index contributed by atoms with van der Waals surface area (Å²) in [7, 11) is 0. The summed E-state index contributed by atoms with van der Waals surface area (Å²) in [5.41, 5.74) is 4.63. The third-order valence-corrected chi connectivity index (χ3v) is 10.9. The van der Waals surface area contributed by atoms with Crippen LogP contribution in [0.25, 0.3) is 5.57 Å². The Morgan fingerprint density at radius 2 is 1.80 bits per heavy atom. The maximum Gasteiger partial charge on any atom is 0.508 e. The third-order valence-electron chi connectivity index (χ3n) is 10.9. The van der Waals surface area contributed by atoms with Crippen LogP contribution in [0.3, 0.4) is 0 Å². The van der Waals surface area contributed by atoms with Crippen LogP contribution in [-0.4, -0.2) is 67.6 Å². The van der Waals surface area contributed by atoms with Gasteiger partial charge < -0.3 is 28.8 Å². The van der Waals surface area contributed by atoms with Crippen molar-refractivity contribution in [2.24, 2.45) is 34.5 Å². The van der Waals surface area contributed by atoms with Crippen LogP contribution >= 0.6 is 0 Å². The van der Waals surface area contributed by atoms with Gasteiger partial charge in [-0.15, -0.1) is 0 Å². The first kappa shape index (κ1) is 32.5. The Balaban J connectivity index is 1.17. The second kappa shape index (κ2) is 14.0. The molecule has 0 saturated heterocycles. The summed E-state index contributed by atoms with van der Waals surface area (Å²) >= 11 is 0. The smallest absolute Gasteiger partial charge is 0.450 e. The average Bonchev–Trinajstić information content (AvgIpc) is 3.35. The van der Waals surface area contributed by atoms with E-state index in [1.807, 2.05) is 18.5 Å². The predicted molar refractivity (Wildman–Crippen MR) is 165 cm³/mol. The molecule has 1 unspecified atom stereocenters. The molecule has 1 N–H and O–H groups in total. The number of carbonyl (C=O) groups excluding carboxylic acids is 1. The molecule has 1 heterocycles. The van der Waals surface area contributed by atoms with Crippen LogP contribution in [0.2, 0.25) is 0 Å². The molecule has 44 heavy (non-hydrogen) atoms. The van der Waals surface area contributed by atoms with E-state index in [9.17, 15) is 14.7 Å². The zero-order valence-corrected chi connectivity index (χ0v) is 26.7. The number of ether oxygens (including phenoxy) is 5. The van der Waals surface area contributed by atoms with Gasteiger partial charge in [-0.25, -0.2) is 9.59 Å². The van der Waals surface area contributed by atoms with Gasteiger partial charge in [-0.05, 0) is 110 Å². The van der Waals surface area contributed by atoms with Crippen molar-refractivity contribution in [3.63, 3.8) is 0 Å². The first-order valence-corrected chi connectivity index (χ1v) is 16.3. The second-order valence-electron chi connectivity index (χ2n) is 13.7. The molecule has 4 aliphatic rings. The normalized spacial score (nSPS) is 31.6. The van der Waals surface area contributed by atoms with Crippen LogP contribution in [0.15, 0.2) is 42.3 Å². The summed E-state index contributed by atoms with van der Waals surface area (Å²) < 4.78 is 26.6. The lowest BCUT2D eigenvalue weighted by atomic mass is 9.46. The van der Waals surface area contributed by atoms with Gasteiger partial charge in [0.25, 0.3) is 0 Å².